The summed E-state index contributed by atoms with van der Waals surface area (Å²) >= 11 is 6.05. The third-order valence-electron chi connectivity index (χ3n) is 5.32. The number of methoxy groups -OCH3 is 1. The second-order valence-corrected chi connectivity index (χ2v) is 9.95. The van der Waals surface area contributed by atoms with Gasteiger partial charge in [-0.15, -0.1) is 0 Å². The van der Waals surface area contributed by atoms with Crippen LogP contribution in [0.1, 0.15) is 15.9 Å². The third-order valence-corrected chi connectivity index (χ3v) is 7.33. The number of sulfonamides is 1. The number of rotatable bonds is 8. The molecule has 6 nitrogen and oxygen atoms in total. The van der Waals surface area contributed by atoms with E-state index >= 15 is 0 Å². The number of amides is 1. The third kappa shape index (κ3) is 5.65. The number of benzene rings is 4. The number of ether oxygens (including phenoxy) is 1. The molecular formula is C27H23ClN2O4S. The van der Waals surface area contributed by atoms with Crippen molar-refractivity contribution in [2.24, 2.45) is 0 Å². The van der Waals surface area contributed by atoms with Crippen LogP contribution >= 0.6 is 11.6 Å². The lowest BCUT2D eigenvalue weighted by molar-refractivity contribution is 0.102. The van der Waals surface area contributed by atoms with Crippen LogP contribution in [-0.2, 0) is 16.6 Å². The maximum Gasteiger partial charge on any atom is 0.264 e. The average Bonchev–Trinajstić information content (AvgIpc) is 2.88. The molecule has 1 N–H and O–H groups in total. The molecule has 0 saturated carbocycles. The highest BCUT2D eigenvalue weighted by molar-refractivity contribution is 7.92. The van der Waals surface area contributed by atoms with Crippen LogP contribution < -0.4 is 14.4 Å². The van der Waals surface area contributed by atoms with E-state index in [1.54, 1.807) is 60.7 Å². The standard InChI is InChI=1S/C27H23ClN2O4S/c1-34-23-14-16-24(17-15-23)35(32,33)30(19-20-8-3-2-4-9-20)26-13-6-5-12-25(26)27(31)29-22-11-7-10-21(28)18-22/h2-18H,19H2,1H3,(H,29,31). The van der Waals surface area contributed by atoms with Gasteiger partial charge in [0.15, 0.2) is 0 Å². The van der Waals surface area contributed by atoms with Crippen LogP contribution in [0.4, 0.5) is 11.4 Å². The number of halogens is 1. The summed E-state index contributed by atoms with van der Waals surface area (Å²) < 4.78 is 34.1. The molecule has 0 aromatic heterocycles. The van der Waals surface area contributed by atoms with Gasteiger partial charge in [0, 0.05) is 10.7 Å². The Morgan fingerprint density at radius 2 is 1.57 bits per heavy atom. The summed E-state index contributed by atoms with van der Waals surface area (Å²) in [7, 11) is -2.52. The van der Waals surface area contributed by atoms with Crippen molar-refractivity contribution in [2.75, 3.05) is 16.7 Å². The van der Waals surface area contributed by atoms with Crippen LogP contribution in [0.2, 0.25) is 5.02 Å². The average molecular weight is 507 g/mol. The van der Waals surface area contributed by atoms with E-state index in [2.05, 4.69) is 5.32 Å². The molecule has 0 saturated heterocycles. The van der Waals surface area contributed by atoms with Crippen molar-refractivity contribution in [3.05, 3.63) is 119 Å². The second-order valence-electron chi connectivity index (χ2n) is 7.65. The molecule has 178 valence electrons. The van der Waals surface area contributed by atoms with E-state index in [4.69, 9.17) is 16.3 Å². The van der Waals surface area contributed by atoms with E-state index in [9.17, 15) is 13.2 Å². The first-order valence-corrected chi connectivity index (χ1v) is 12.6. The molecule has 0 atom stereocenters. The van der Waals surface area contributed by atoms with Gasteiger partial charge in [-0.1, -0.05) is 60.1 Å². The van der Waals surface area contributed by atoms with Gasteiger partial charge < -0.3 is 10.1 Å². The number of para-hydroxylation sites is 1. The number of carbonyl (C=O) groups is 1. The van der Waals surface area contributed by atoms with Gasteiger partial charge in [0.25, 0.3) is 15.9 Å². The highest BCUT2D eigenvalue weighted by Gasteiger charge is 2.28. The molecule has 0 spiro atoms. The maximum atomic E-state index is 13.9. The van der Waals surface area contributed by atoms with Crippen molar-refractivity contribution in [2.45, 2.75) is 11.4 Å². The molecule has 0 bridgehead atoms. The first-order chi connectivity index (χ1) is 16.9. The summed E-state index contributed by atoms with van der Waals surface area (Å²) in [5.74, 6) is 0.0886. The summed E-state index contributed by atoms with van der Waals surface area (Å²) in [6.45, 7) is 0.0384. The van der Waals surface area contributed by atoms with Gasteiger partial charge in [0.2, 0.25) is 0 Å². The van der Waals surface area contributed by atoms with Crippen molar-refractivity contribution in [1.82, 2.24) is 0 Å². The predicted molar refractivity (Wildman–Crippen MR) is 139 cm³/mol. The van der Waals surface area contributed by atoms with Crippen LogP contribution in [0.3, 0.4) is 0 Å². The quantitative estimate of drug-likeness (QED) is 0.318. The Kier molecular flexibility index (Phi) is 7.39. The fourth-order valence-corrected chi connectivity index (χ4v) is 5.23. The predicted octanol–water partition coefficient (Wildman–Crippen LogP) is 6.00. The fraction of sp³-hybridized carbons (Fsp3) is 0.0741. The van der Waals surface area contributed by atoms with Crippen LogP contribution in [-0.4, -0.2) is 21.4 Å². The minimum absolute atomic E-state index is 0.0384. The zero-order valence-corrected chi connectivity index (χ0v) is 20.5. The monoisotopic (exact) mass is 506 g/mol. The minimum Gasteiger partial charge on any atom is -0.497 e. The normalized spacial score (nSPS) is 11.0. The zero-order valence-electron chi connectivity index (χ0n) is 18.9. The lowest BCUT2D eigenvalue weighted by atomic mass is 10.1. The van der Waals surface area contributed by atoms with Gasteiger partial charge in [0.1, 0.15) is 5.75 Å². The molecule has 1 amide bonds. The summed E-state index contributed by atoms with van der Waals surface area (Å²) in [6, 6.07) is 28.7. The number of anilines is 2. The summed E-state index contributed by atoms with van der Waals surface area (Å²) in [6.07, 6.45) is 0. The van der Waals surface area contributed by atoms with Gasteiger partial charge in [-0.3, -0.25) is 9.10 Å². The smallest absolute Gasteiger partial charge is 0.264 e. The fourth-order valence-electron chi connectivity index (χ4n) is 3.57. The lowest BCUT2D eigenvalue weighted by Gasteiger charge is -2.26. The van der Waals surface area contributed by atoms with Crippen LogP contribution in [0.15, 0.2) is 108 Å². The first-order valence-electron chi connectivity index (χ1n) is 10.7. The summed E-state index contributed by atoms with van der Waals surface area (Å²) in [5.41, 5.74) is 1.74. The summed E-state index contributed by atoms with van der Waals surface area (Å²) in [5, 5.41) is 3.28. The number of hydrogen-bond donors (Lipinski definition) is 1. The van der Waals surface area contributed by atoms with E-state index in [1.165, 1.54) is 23.5 Å². The zero-order chi connectivity index (χ0) is 24.8. The topological polar surface area (TPSA) is 75.7 Å². The highest BCUT2D eigenvalue weighted by atomic mass is 35.5. The van der Waals surface area contributed by atoms with E-state index in [0.717, 1.165) is 5.56 Å². The molecule has 0 aliphatic heterocycles. The minimum atomic E-state index is -4.04. The second kappa shape index (κ2) is 10.6. The highest BCUT2D eigenvalue weighted by Crippen LogP contribution is 2.30. The molecule has 8 heteroatoms. The Labute approximate surface area is 209 Å². The Hall–Kier alpha value is -3.81. The first kappa shape index (κ1) is 24.3. The van der Waals surface area contributed by atoms with Crippen molar-refractivity contribution >= 4 is 38.9 Å². The number of nitrogens with zero attached hydrogens (tertiary/aromatic N) is 1. The molecule has 4 aromatic rings. The van der Waals surface area contributed by atoms with E-state index in [1.807, 2.05) is 30.3 Å². The van der Waals surface area contributed by atoms with Crippen LogP contribution in [0.5, 0.6) is 5.75 Å². The number of carbonyl (C=O) groups excluding carboxylic acids is 1. The Balaban J connectivity index is 1.78. The van der Waals surface area contributed by atoms with Gasteiger partial charge in [0.05, 0.1) is 29.8 Å². The van der Waals surface area contributed by atoms with Gasteiger partial charge in [-0.05, 0) is 60.2 Å². The molecule has 4 rings (SSSR count). The van der Waals surface area contributed by atoms with Gasteiger partial charge in [-0.2, -0.15) is 0 Å². The lowest BCUT2D eigenvalue weighted by Crippen LogP contribution is -2.32. The van der Waals surface area contributed by atoms with Crippen LogP contribution in [0.25, 0.3) is 0 Å². The molecule has 0 unspecified atom stereocenters. The maximum absolute atomic E-state index is 13.9. The molecule has 0 fully saturated rings. The molecular weight excluding hydrogens is 484 g/mol. The van der Waals surface area contributed by atoms with Crippen LogP contribution in [0, 0.1) is 0 Å². The van der Waals surface area contributed by atoms with Crippen molar-refractivity contribution in [3.63, 3.8) is 0 Å². The summed E-state index contributed by atoms with van der Waals surface area (Å²) in [4.78, 5) is 13.3. The van der Waals surface area contributed by atoms with Gasteiger partial charge in [-0.25, -0.2) is 8.42 Å². The molecule has 4 aromatic carbocycles. The Bertz CT molecular complexity index is 1430. The van der Waals surface area contributed by atoms with Crippen molar-refractivity contribution in [1.29, 1.82) is 0 Å². The Morgan fingerprint density at radius 3 is 2.26 bits per heavy atom. The van der Waals surface area contributed by atoms with E-state index < -0.39 is 15.9 Å². The van der Waals surface area contributed by atoms with E-state index in [-0.39, 0.29) is 22.7 Å². The Morgan fingerprint density at radius 1 is 0.886 bits per heavy atom. The van der Waals surface area contributed by atoms with E-state index in [0.29, 0.717) is 16.5 Å². The van der Waals surface area contributed by atoms with Crippen molar-refractivity contribution in [3.8, 4) is 5.75 Å². The molecule has 0 aliphatic carbocycles. The molecule has 0 heterocycles. The van der Waals surface area contributed by atoms with Crippen molar-refractivity contribution < 1.29 is 17.9 Å². The van der Waals surface area contributed by atoms with Gasteiger partial charge >= 0.3 is 0 Å². The molecule has 0 radical (unpaired) electrons. The number of nitrogens with one attached hydrogen (secondary N) is 1. The molecule has 0 aliphatic rings. The molecule has 35 heavy (non-hydrogen) atoms. The number of hydrogen-bond acceptors (Lipinski definition) is 4. The SMILES string of the molecule is COc1ccc(S(=O)(=O)N(Cc2ccccc2)c2ccccc2C(=O)Nc2cccc(Cl)c2)cc1. The largest absolute Gasteiger partial charge is 0.497 e.